The van der Waals surface area contributed by atoms with Gasteiger partial charge in [-0.2, -0.15) is 26.3 Å². The molecule has 1 aromatic carbocycles. The third-order valence-electron chi connectivity index (χ3n) is 4.32. The molecule has 1 nitrogen and oxygen atoms in total. The minimum Gasteiger partial charge on any atom is -0.416 e. The molecule has 0 saturated heterocycles. The molecular weight excluding hydrogens is 374 g/mol. The van der Waals surface area contributed by atoms with Gasteiger partial charge in [-0.3, -0.25) is 0 Å². The van der Waals surface area contributed by atoms with Crippen LogP contribution in [0.3, 0.4) is 0 Å². The number of halogens is 6. The van der Waals surface area contributed by atoms with Gasteiger partial charge in [-0.15, -0.1) is 0 Å². The first-order chi connectivity index (χ1) is 11.5. The van der Waals surface area contributed by atoms with E-state index >= 15 is 0 Å². The van der Waals surface area contributed by atoms with Crippen molar-refractivity contribution in [2.24, 2.45) is 0 Å². The lowest BCUT2D eigenvalue weighted by molar-refractivity contribution is -0.143. The number of hydrogen-bond donors (Lipinski definition) is 0. The maximum absolute atomic E-state index is 12.8. The summed E-state index contributed by atoms with van der Waals surface area (Å²) in [5, 5.41) is 0.00305. The fourth-order valence-electron chi connectivity index (χ4n) is 1.77. The minimum absolute atomic E-state index is 0.00305. The van der Waals surface area contributed by atoms with Gasteiger partial charge in [0.2, 0.25) is 0 Å². The van der Waals surface area contributed by atoms with Crippen molar-refractivity contribution in [1.82, 2.24) is 0 Å². The molecule has 0 aromatic heterocycles. The molecular formula is C18H22F6OSi. The second-order valence-corrected chi connectivity index (χ2v) is 12.3. The van der Waals surface area contributed by atoms with E-state index in [-0.39, 0.29) is 29.7 Å². The standard InChI is InChI=1S/C18H22F6OSi/c1-16(2,3)26(4,5)25-9-7-6-8-13-10-14(17(19,20)21)12-15(11-13)18(22,23)24/h10-12H,7,9H2,1-5H3. The van der Waals surface area contributed by atoms with Crippen LogP contribution in [0.15, 0.2) is 18.2 Å². The Hall–Kier alpha value is -1.46. The van der Waals surface area contributed by atoms with Crippen molar-refractivity contribution in [3.05, 3.63) is 34.9 Å². The molecule has 8 heteroatoms. The molecule has 0 spiro atoms. The van der Waals surface area contributed by atoms with Crippen LogP contribution in [0.25, 0.3) is 0 Å². The zero-order chi connectivity index (χ0) is 20.4. The molecule has 0 fully saturated rings. The van der Waals surface area contributed by atoms with Crippen LogP contribution >= 0.6 is 0 Å². The summed E-state index contributed by atoms with van der Waals surface area (Å²) in [6.45, 7) is 10.6. The normalized spacial score (nSPS) is 13.3. The first kappa shape index (κ1) is 22.6. The zero-order valence-electron chi connectivity index (χ0n) is 15.3. The van der Waals surface area contributed by atoms with Crippen molar-refractivity contribution in [2.45, 2.75) is 57.7 Å². The largest absolute Gasteiger partial charge is 0.416 e. The van der Waals surface area contributed by atoms with Crippen molar-refractivity contribution >= 4 is 8.32 Å². The fraction of sp³-hybridized carbons (Fsp3) is 0.556. The third-order valence-corrected chi connectivity index (χ3v) is 8.85. The van der Waals surface area contributed by atoms with Crippen LogP contribution in [0.1, 0.15) is 43.9 Å². The van der Waals surface area contributed by atoms with Gasteiger partial charge in [0.05, 0.1) is 11.1 Å². The lowest BCUT2D eigenvalue weighted by Gasteiger charge is -2.35. The fourth-order valence-corrected chi connectivity index (χ4v) is 2.81. The first-order valence-corrected chi connectivity index (χ1v) is 10.9. The van der Waals surface area contributed by atoms with E-state index in [9.17, 15) is 26.3 Å². The number of alkyl halides is 6. The Morgan fingerprint density at radius 2 is 1.35 bits per heavy atom. The van der Waals surface area contributed by atoms with Crippen LogP contribution in [-0.4, -0.2) is 14.9 Å². The van der Waals surface area contributed by atoms with Gasteiger partial charge in [-0.25, -0.2) is 0 Å². The van der Waals surface area contributed by atoms with Crippen LogP contribution in [-0.2, 0) is 16.8 Å². The van der Waals surface area contributed by atoms with Crippen LogP contribution in [0, 0.1) is 11.8 Å². The van der Waals surface area contributed by atoms with Gasteiger partial charge in [0.15, 0.2) is 8.32 Å². The summed E-state index contributed by atoms with van der Waals surface area (Å²) in [5.41, 5.74) is -3.05. The van der Waals surface area contributed by atoms with E-state index in [0.717, 1.165) is 0 Å². The molecule has 0 unspecified atom stereocenters. The quantitative estimate of drug-likeness (QED) is 0.246. The first-order valence-electron chi connectivity index (χ1n) is 7.96. The Bertz CT molecular complexity index is 655. The predicted molar refractivity (Wildman–Crippen MR) is 91.1 cm³/mol. The third kappa shape index (κ3) is 6.36. The molecule has 0 saturated carbocycles. The summed E-state index contributed by atoms with van der Waals surface area (Å²) in [5.74, 6) is 4.98. The summed E-state index contributed by atoms with van der Waals surface area (Å²) >= 11 is 0. The van der Waals surface area contributed by atoms with E-state index in [4.69, 9.17) is 4.43 Å². The second kappa shape index (κ2) is 7.65. The molecule has 26 heavy (non-hydrogen) atoms. The number of benzene rings is 1. The summed E-state index contributed by atoms with van der Waals surface area (Å²) in [4.78, 5) is 0. The smallest absolute Gasteiger partial charge is 0.416 e. The lowest BCUT2D eigenvalue weighted by Crippen LogP contribution is -2.40. The topological polar surface area (TPSA) is 9.23 Å². The van der Waals surface area contributed by atoms with E-state index in [1.807, 2.05) is 13.1 Å². The maximum Gasteiger partial charge on any atom is 0.416 e. The Labute approximate surface area is 150 Å². The van der Waals surface area contributed by atoms with Gasteiger partial charge in [-0.05, 0) is 36.3 Å². The van der Waals surface area contributed by atoms with Crippen molar-refractivity contribution in [3.8, 4) is 11.8 Å². The van der Waals surface area contributed by atoms with Crippen LogP contribution < -0.4 is 0 Å². The minimum atomic E-state index is -4.87. The molecule has 0 aliphatic carbocycles. The van der Waals surface area contributed by atoms with Gasteiger partial charge in [0.1, 0.15) is 0 Å². The Balaban J connectivity index is 2.93. The van der Waals surface area contributed by atoms with Crippen LogP contribution in [0.5, 0.6) is 0 Å². The highest BCUT2D eigenvalue weighted by Crippen LogP contribution is 2.37. The van der Waals surface area contributed by atoms with E-state index in [2.05, 4.69) is 32.6 Å². The lowest BCUT2D eigenvalue weighted by atomic mass is 10.0. The van der Waals surface area contributed by atoms with Gasteiger partial charge < -0.3 is 4.43 Å². The molecule has 0 amide bonds. The summed E-state index contributed by atoms with van der Waals surface area (Å²) < 4.78 is 82.6. The van der Waals surface area contributed by atoms with Crippen molar-refractivity contribution in [2.75, 3.05) is 6.61 Å². The molecule has 0 heterocycles. The Morgan fingerprint density at radius 1 is 0.885 bits per heavy atom. The molecule has 0 aliphatic heterocycles. The molecule has 0 bridgehead atoms. The molecule has 0 atom stereocenters. The van der Waals surface area contributed by atoms with Crippen molar-refractivity contribution < 1.29 is 30.8 Å². The highest BCUT2D eigenvalue weighted by molar-refractivity contribution is 6.74. The van der Waals surface area contributed by atoms with Gasteiger partial charge in [0, 0.05) is 18.6 Å². The van der Waals surface area contributed by atoms with Gasteiger partial charge in [0.25, 0.3) is 0 Å². The molecule has 1 rings (SSSR count). The van der Waals surface area contributed by atoms with Gasteiger partial charge >= 0.3 is 12.4 Å². The van der Waals surface area contributed by atoms with E-state index in [0.29, 0.717) is 12.1 Å². The SMILES string of the molecule is CC(C)(C)[Si](C)(C)OCCC#Cc1cc(C(F)(F)F)cc(C(F)(F)F)c1. The summed E-state index contributed by atoms with van der Waals surface area (Å²) in [6.07, 6.45) is -9.52. The predicted octanol–water partition coefficient (Wildman–Crippen LogP) is 6.49. The van der Waals surface area contributed by atoms with Crippen molar-refractivity contribution in [1.29, 1.82) is 0 Å². The van der Waals surface area contributed by atoms with E-state index < -0.39 is 31.8 Å². The van der Waals surface area contributed by atoms with Crippen LogP contribution in [0.4, 0.5) is 26.3 Å². The number of rotatable bonds is 3. The average molecular weight is 396 g/mol. The molecule has 0 aliphatic rings. The zero-order valence-corrected chi connectivity index (χ0v) is 16.3. The average Bonchev–Trinajstić information content (AvgIpc) is 2.43. The van der Waals surface area contributed by atoms with Gasteiger partial charge in [-0.1, -0.05) is 32.6 Å². The summed E-state index contributed by atoms with van der Waals surface area (Å²) in [7, 11) is -1.97. The molecule has 1 aromatic rings. The monoisotopic (exact) mass is 396 g/mol. The molecule has 0 N–H and O–H groups in total. The summed E-state index contributed by atoms with van der Waals surface area (Å²) in [6, 6.07) is 1.33. The van der Waals surface area contributed by atoms with E-state index in [1.165, 1.54) is 0 Å². The Kier molecular flexibility index (Phi) is 6.64. The second-order valence-electron chi connectivity index (χ2n) is 7.46. The highest BCUT2D eigenvalue weighted by Gasteiger charge is 2.37. The number of hydrogen-bond acceptors (Lipinski definition) is 1. The molecule has 0 radical (unpaired) electrons. The molecule has 146 valence electrons. The maximum atomic E-state index is 12.8. The van der Waals surface area contributed by atoms with Crippen molar-refractivity contribution in [3.63, 3.8) is 0 Å². The highest BCUT2D eigenvalue weighted by atomic mass is 28.4. The van der Waals surface area contributed by atoms with Crippen LogP contribution in [0.2, 0.25) is 18.1 Å². The Morgan fingerprint density at radius 3 is 1.73 bits per heavy atom. The van der Waals surface area contributed by atoms with E-state index in [1.54, 1.807) is 0 Å².